The van der Waals surface area contributed by atoms with E-state index in [1.807, 2.05) is 0 Å². The Hall–Kier alpha value is -1.79. The lowest BCUT2D eigenvalue weighted by molar-refractivity contribution is -0.153. The van der Waals surface area contributed by atoms with E-state index in [0.29, 0.717) is 41.5 Å². The number of nitrogens with one attached hydrogen (secondary N) is 1. The highest BCUT2D eigenvalue weighted by atomic mass is 35.5. The van der Waals surface area contributed by atoms with E-state index in [9.17, 15) is 14.4 Å². The van der Waals surface area contributed by atoms with E-state index in [1.54, 1.807) is 23.1 Å². The second kappa shape index (κ2) is 6.61. The van der Waals surface area contributed by atoms with Crippen LogP contribution in [0.1, 0.15) is 19.3 Å². The molecule has 128 valence electrons. The lowest BCUT2D eigenvalue weighted by Gasteiger charge is -2.32. The summed E-state index contributed by atoms with van der Waals surface area (Å²) >= 11 is 11.9. The smallest absolute Gasteiger partial charge is 0.307 e. The SMILES string of the molecule is O=C(O)C1CCC1C(=O)NC1CCN(c2ccc(Cl)c(Cl)c2)C1=O. The van der Waals surface area contributed by atoms with E-state index in [-0.39, 0.29) is 11.8 Å². The van der Waals surface area contributed by atoms with Crippen LogP contribution in [0.2, 0.25) is 10.0 Å². The molecule has 1 aromatic rings. The monoisotopic (exact) mass is 370 g/mol. The van der Waals surface area contributed by atoms with Crippen molar-refractivity contribution in [3.63, 3.8) is 0 Å². The van der Waals surface area contributed by atoms with Gasteiger partial charge in [-0.3, -0.25) is 14.4 Å². The Balaban J connectivity index is 1.65. The molecule has 24 heavy (non-hydrogen) atoms. The predicted octanol–water partition coefficient (Wildman–Crippen LogP) is 2.33. The zero-order valence-corrected chi connectivity index (χ0v) is 14.2. The molecule has 1 aliphatic heterocycles. The molecule has 1 aromatic carbocycles. The minimum atomic E-state index is -0.961. The summed E-state index contributed by atoms with van der Waals surface area (Å²) in [4.78, 5) is 37.3. The summed E-state index contributed by atoms with van der Waals surface area (Å²) in [6.07, 6.45) is 1.51. The molecule has 1 heterocycles. The van der Waals surface area contributed by atoms with Crippen LogP contribution in [0.25, 0.3) is 0 Å². The van der Waals surface area contributed by atoms with Crippen LogP contribution < -0.4 is 10.2 Å². The third kappa shape index (κ3) is 3.08. The van der Waals surface area contributed by atoms with Crippen molar-refractivity contribution in [3.8, 4) is 0 Å². The molecular formula is C16H16Cl2N2O4. The molecule has 2 fully saturated rings. The molecule has 3 rings (SSSR count). The van der Waals surface area contributed by atoms with Crippen LogP contribution in [-0.2, 0) is 14.4 Å². The number of carboxylic acid groups (broad SMARTS) is 1. The topological polar surface area (TPSA) is 86.7 Å². The summed E-state index contributed by atoms with van der Waals surface area (Å²) < 4.78 is 0. The van der Waals surface area contributed by atoms with Crippen molar-refractivity contribution in [2.45, 2.75) is 25.3 Å². The van der Waals surface area contributed by atoms with E-state index in [1.165, 1.54) is 0 Å². The molecule has 2 amide bonds. The van der Waals surface area contributed by atoms with Crippen molar-refractivity contribution in [1.29, 1.82) is 0 Å². The van der Waals surface area contributed by atoms with Crippen LogP contribution in [0.4, 0.5) is 5.69 Å². The Kier molecular flexibility index (Phi) is 4.69. The largest absolute Gasteiger partial charge is 0.481 e. The van der Waals surface area contributed by atoms with Gasteiger partial charge in [0.15, 0.2) is 0 Å². The van der Waals surface area contributed by atoms with E-state index in [2.05, 4.69) is 5.32 Å². The maximum atomic E-state index is 12.5. The summed E-state index contributed by atoms with van der Waals surface area (Å²) in [7, 11) is 0. The predicted molar refractivity (Wildman–Crippen MR) is 89.2 cm³/mol. The number of benzene rings is 1. The van der Waals surface area contributed by atoms with E-state index in [0.717, 1.165) is 0 Å². The van der Waals surface area contributed by atoms with Crippen LogP contribution in [0.15, 0.2) is 18.2 Å². The molecule has 0 bridgehead atoms. The molecular weight excluding hydrogens is 355 g/mol. The average Bonchev–Trinajstić information content (AvgIpc) is 2.81. The van der Waals surface area contributed by atoms with Gasteiger partial charge in [0.2, 0.25) is 11.8 Å². The van der Waals surface area contributed by atoms with Gasteiger partial charge in [-0.05, 0) is 37.5 Å². The number of rotatable bonds is 4. The Morgan fingerprint density at radius 3 is 2.42 bits per heavy atom. The van der Waals surface area contributed by atoms with E-state index >= 15 is 0 Å². The number of halogens is 2. The standard InChI is InChI=1S/C16H16Cl2N2O4/c17-11-4-1-8(7-12(11)18)20-6-5-13(15(20)22)19-14(21)9-2-3-10(9)16(23)24/h1,4,7,9-10,13H,2-3,5-6H2,(H,19,21)(H,23,24). The van der Waals surface area contributed by atoms with Crippen LogP contribution in [-0.4, -0.2) is 35.5 Å². The third-order valence-electron chi connectivity index (χ3n) is 4.67. The molecule has 3 atom stereocenters. The zero-order valence-electron chi connectivity index (χ0n) is 12.7. The second-order valence-corrected chi connectivity index (χ2v) is 6.88. The van der Waals surface area contributed by atoms with Crippen molar-refractivity contribution in [3.05, 3.63) is 28.2 Å². The summed E-state index contributed by atoms with van der Waals surface area (Å²) in [6.45, 7) is 0.453. The maximum Gasteiger partial charge on any atom is 0.307 e. The first kappa shape index (κ1) is 17.0. The van der Waals surface area contributed by atoms with Gasteiger partial charge in [0, 0.05) is 12.2 Å². The number of carbonyl (C=O) groups excluding carboxylic acids is 2. The molecule has 0 spiro atoms. The summed E-state index contributed by atoms with van der Waals surface area (Å²) in [5, 5.41) is 12.5. The number of amides is 2. The quantitative estimate of drug-likeness (QED) is 0.851. The molecule has 1 aliphatic carbocycles. The van der Waals surface area contributed by atoms with Gasteiger partial charge in [0.1, 0.15) is 6.04 Å². The number of hydrogen-bond acceptors (Lipinski definition) is 3. The number of nitrogens with zero attached hydrogens (tertiary/aromatic N) is 1. The van der Waals surface area contributed by atoms with Gasteiger partial charge < -0.3 is 15.3 Å². The molecule has 2 aliphatic rings. The van der Waals surface area contributed by atoms with Gasteiger partial charge in [-0.2, -0.15) is 0 Å². The molecule has 2 N–H and O–H groups in total. The van der Waals surface area contributed by atoms with Gasteiger partial charge in [0.05, 0.1) is 21.9 Å². The van der Waals surface area contributed by atoms with Crippen LogP contribution in [0.3, 0.4) is 0 Å². The number of hydrogen-bond donors (Lipinski definition) is 2. The third-order valence-corrected chi connectivity index (χ3v) is 5.40. The van der Waals surface area contributed by atoms with Crippen LogP contribution in [0, 0.1) is 11.8 Å². The minimum absolute atomic E-state index is 0.229. The first-order valence-corrected chi connectivity index (χ1v) is 8.43. The Morgan fingerprint density at radius 2 is 1.83 bits per heavy atom. The van der Waals surface area contributed by atoms with Gasteiger partial charge in [-0.1, -0.05) is 23.2 Å². The molecule has 8 heteroatoms. The second-order valence-electron chi connectivity index (χ2n) is 6.07. The zero-order chi connectivity index (χ0) is 17.4. The molecule has 1 saturated carbocycles. The molecule has 3 unspecified atom stereocenters. The molecule has 1 saturated heterocycles. The highest BCUT2D eigenvalue weighted by Crippen LogP contribution is 2.35. The Morgan fingerprint density at radius 1 is 1.12 bits per heavy atom. The molecule has 0 aromatic heterocycles. The van der Waals surface area contributed by atoms with Crippen molar-refractivity contribution in [1.82, 2.24) is 5.32 Å². The minimum Gasteiger partial charge on any atom is -0.481 e. The normalized spacial score (nSPS) is 26.2. The maximum absolute atomic E-state index is 12.5. The van der Waals surface area contributed by atoms with Gasteiger partial charge >= 0.3 is 5.97 Å². The first-order valence-electron chi connectivity index (χ1n) is 7.68. The summed E-state index contributed by atoms with van der Waals surface area (Å²) in [5.41, 5.74) is 0.623. The number of carbonyl (C=O) groups is 3. The Labute approximate surface area is 148 Å². The van der Waals surface area contributed by atoms with Crippen molar-refractivity contribution in [2.24, 2.45) is 11.8 Å². The number of anilines is 1. The van der Waals surface area contributed by atoms with E-state index < -0.39 is 23.8 Å². The fraction of sp³-hybridized carbons (Fsp3) is 0.438. The first-order chi connectivity index (χ1) is 11.4. The number of aliphatic carboxylic acids is 1. The fourth-order valence-electron chi connectivity index (χ4n) is 3.11. The van der Waals surface area contributed by atoms with Gasteiger partial charge in [-0.15, -0.1) is 0 Å². The average molecular weight is 371 g/mol. The summed E-state index contributed by atoms with van der Waals surface area (Å²) in [5.74, 6) is -2.74. The summed E-state index contributed by atoms with van der Waals surface area (Å²) in [6, 6.07) is 4.28. The van der Waals surface area contributed by atoms with Crippen LogP contribution >= 0.6 is 23.2 Å². The van der Waals surface area contributed by atoms with Crippen molar-refractivity contribution < 1.29 is 19.5 Å². The fourth-order valence-corrected chi connectivity index (χ4v) is 3.40. The molecule has 0 radical (unpaired) electrons. The molecule has 6 nitrogen and oxygen atoms in total. The van der Waals surface area contributed by atoms with Gasteiger partial charge in [0.25, 0.3) is 0 Å². The van der Waals surface area contributed by atoms with Gasteiger partial charge in [-0.25, -0.2) is 0 Å². The van der Waals surface area contributed by atoms with Crippen molar-refractivity contribution in [2.75, 3.05) is 11.4 Å². The number of carboxylic acids is 1. The van der Waals surface area contributed by atoms with Crippen LogP contribution in [0.5, 0.6) is 0 Å². The highest BCUT2D eigenvalue weighted by Gasteiger charge is 2.43. The lowest BCUT2D eigenvalue weighted by atomic mass is 9.73. The Bertz CT molecular complexity index is 709. The lowest BCUT2D eigenvalue weighted by Crippen LogP contribution is -2.49. The van der Waals surface area contributed by atoms with E-state index in [4.69, 9.17) is 28.3 Å². The highest BCUT2D eigenvalue weighted by molar-refractivity contribution is 6.42. The van der Waals surface area contributed by atoms with Crippen molar-refractivity contribution >= 4 is 46.7 Å².